The van der Waals surface area contributed by atoms with Crippen LogP contribution in [-0.2, 0) is 20.7 Å². The van der Waals surface area contributed by atoms with Gasteiger partial charge in [0.25, 0.3) is 11.8 Å². The molecule has 1 saturated heterocycles. The Hall–Kier alpha value is -6.53. The maximum Gasteiger partial charge on any atom is 0.407 e. The van der Waals surface area contributed by atoms with Crippen molar-refractivity contribution >= 4 is 35.6 Å². The molecule has 0 bridgehead atoms. The van der Waals surface area contributed by atoms with Crippen molar-refractivity contribution in [2.24, 2.45) is 11.8 Å². The Labute approximate surface area is 355 Å². The number of carboxylic acid groups (broad SMARTS) is 1. The highest BCUT2D eigenvalue weighted by Gasteiger charge is 2.42. The van der Waals surface area contributed by atoms with Crippen LogP contribution in [0.5, 0.6) is 0 Å². The zero-order valence-corrected chi connectivity index (χ0v) is 34.8. The number of alkyl halides is 2. The average Bonchev–Trinajstić information content (AvgIpc) is 3.74. The first-order valence-corrected chi connectivity index (χ1v) is 20.3. The Balaban J connectivity index is 1.12. The fraction of sp³-hybridized carbons (Fsp3) is 0.442. The van der Waals surface area contributed by atoms with Crippen LogP contribution >= 0.6 is 0 Å². The molecule has 0 spiro atoms. The van der Waals surface area contributed by atoms with Crippen molar-refractivity contribution in [1.82, 2.24) is 41.5 Å². The number of hydrogen-bond acceptors (Lipinski definition) is 9. The molecule has 62 heavy (non-hydrogen) atoms. The van der Waals surface area contributed by atoms with E-state index in [9.17, 15) is 37.9 Å². The number of piperidine rings is 1. The molecular weight excluding hydrogens is 812 g/mol. The second-order valence-electron chi connectivity index (χ2n) is 16.9. The normalized spacial score (nSPS) is 19.1. The first-order valence-electron chi connectivity index (χ1n) is 20.3. The van der Waals surface area contributed by atoms with Crippen molar-refractivity contribution in [2.75, 3.05) is 25.0 Å². The Bertz CT molecular complexity index is 2260. The molecule has 2 heterocycles. The van der Waals surface area contributed by atoms with E-state index in [0.29, 0.717) is 48.3 Å². The summed E-state index contributed by atoms with van der Waals surface area (Å²) in [6, 6.07) is 14.1. The number of alkyl carbamates (subject to hydrolysis) is 1. The van der Waals surface area contributed by atoms with Gasteiger partial charge in [0.15, 0.2) is 0 Å². The number of tetrazole rings is 1. The minimum atomic E-state index is -3.27. The Morgan fingerprint density at radius 3 is 2.32 bits per heavy atom. The van der Waals surface area contributed by atoms with E-state index in [1.807, 2.05) is 24.3 Å². The number of benzene rings is 3. The monoisotopic (exact) mass is 861 g/mol. The van der Waals surface area contributed by atoms with E-state index in [1.165, 1.54) is 12.1 Å². The number of amides is 5. The van der Waals surface area contributed by atoms with E-state index < -0.39 is 66.4 Å². The number of carbonyl (C=O) groups excluding carboxylic acids is 4. The number of rotatable bonds is 12. The molecule has 1 aromatic heterocycles. The summed E-state index contributed by atoms with van der Waals surface area (Å²) in [6.07, 6.45) is -0.0836. The minimum absolute atomic E-state index is 0.0426. The molecule has 0 radical (unpaired) electrons. The molecule has 19 heteroatoms. The predicted octanol–water partition coefficient (Wildman–Crippen LogP) is 6.10. The Morgan fingerprint density at radius 2 is 1.69 bits per heavy atom. The van der Waals surface area contributed by atoms with Gasteiger partial charge in [-0.3, -0.25) is 14.4 Å². The maximum atomic E-state index is 15.1. The van der Waals surface area contributed by atoms with Crippen molar-refractivity contribution in [3.63, 3.8) is 0 Å². The lowest BCUT2D eigenvalue weighted by molar-refractivity contribution is -0.130. The van der Waals surface area contributed by atoms with E-state index in [4.69, 9.17) is 4.74 Å². The molecule has 3 aromatic carbocycles. The minimum Gasteiger partial charge on any atom is -0.465 e. The molecule has 4 aromatic rings. The van der Waals surface area contributed by atoms with E-state index in [1.54, 1.807) is 45.9 Å². The molecule has 1 aliphatic carbocycles. The van der Waals surface area contributed by atoms with Crippen LogP contribution in [0.1, 0.15) is 74.4 Å². The molecule has 5 amide bonds. The first-order chi connectivity index (χ1) is 29.3. The Kier molecular flexibility index (Phi) is 13.8. The number of nitrogens with one attached hydrogen (secondary N) is 5. The largest absolute Gasteiger partial charge is 0.465 e. The second-order valence-corrected chi connectivity index (χ2v) is 16.9. The van der Waals surface area contributed by atoms with Gasteiger partial charge in [-0.05, 0) is 117 Å². The highest BCUT2D eigenvalue weighted by molar-refractivity contribution is 5.98. The van der Waals surface area contributed by atoms with Crippen LogP contribution in [-0.4, -0.2) is 104 Å². The van der Waals surface area contributed by atoms with Gasteiger partial charge in [-0.25, -0.2) is 22.8 Å². The molecule has 6 N–H and O–H groups in total. The van der Waals surface area contributed by atoms with Gasteiger partial charge < -0.3 is 36.0 Å². The van der Waals surface area contributed by atoms with Crippen molar-refractivity contribution in [3.05, 3.63) is 83.2 Å². The van der Waals surface area contributed by atoms with Gasteiger partial charge in [-0.2, -0.15) is 5.21 Å². The number of hydrogen-bond donors (Lipinski definition) is 6. The van der Waals surface area contributed by atoms with Gasteiger partial charge in [0.2, 0.25) is 17.6 Å². The van der Waals surface area contributed by atoms with Crippen molar-refractivity contribution in [3.8, 4) is 22.5 Å². The molecule has 1 saturated carbocycles. The van der Waals surface area contributed by atoms with Crippen LogP contribution in [0.2, 0.25) is 0 Å². The summed E-state index contributed by atoms with van der Waals surface area (Å²) < 4.78 is 48.8. The molecule has 16 nitrogen and oxygen atoms in total. The lowest BCUT2D eigenvalue weighted by Gasteiger charge is -2.36. The number of carbonyl (C=O) groups is 5. The summed E-state index contributed by atoms with van der Waals surface area (Å²) in [5, 5.41) is 33.6. The van der Waals surface area contributed by atoms with Gasteiger partial charge in [-0.15, -0.1) is 10.2 Å². The lowest BCUT2D eigenvalue weighted by atomic mass is 9.81. The summed E-state index contributed by atoms with van der Waals surface area (Å²) >= 11 is 0. The van der Waals surface area contributed by atoms with Gasteiger partial charge in [0.05, 0.1) is 18.2 Å². The number of aryl methyl sites for hydroxylation is 1. The molecule has 6 rings (SSSR count). The van der Waals surface area contributed by atoms with Crippen molar-refractivity contribution < 1.29 is 47.0 Å². The Morgan fingerprint density at radius 1 is 0.984 bits per heavy atom. The summed E-state index contributed by atoms with van der Waals surface area (Å²) in [7, 11) is 0. The lowest BCUT2D eigenvalue weighted by Crippen LogP contribution is -2.56. The number of H-pyrrole nitrogens is 1. The number of aromatic amines is 1. The first kappa shape index (κ1) is 45.0. The van der Waals surface area contributed by atoms with Crippen LogP contribution in [0.3, 0.4) is 0 Å². The standard InChI is InChI=1S/C43H50F3N9O7/c1-24-17-29(38(57)49-31-20-43(45,46)23-55(22-31)41(60)61)13-15-32(24)27-9-5-25(6-10-27)18-35(39(58)48-30-14-16-33(34(44)19-30)36-51-53-54-52-36)50-37(56)28-11-7-26(8-12-28)21-47-40(59)62-42(2,3)4/h5-6,9-10,13-17,19,26,28,31,35H,7-8,11-12,18,20-23H2,1-4H3,(H,47,59)(H,48,58)(H,49,57)(H,50,56)(H,60,61)(H,51,52,53,54)/t26-,28-,31?,35-/m0/s1. The molecule has 2 aliphatic rings. The topological polar surface area (TPSA) is 221 Å². The SMILES string of the molecule is Cc1cc(C(=O)NC2CN(C(=O)O)CC(F)(F)C2)ccc1-c1ccc(C[C@H](NC(=O)[C@H]2CC[C@H](CNC(=O)OC(C)(C)C)CC2)C(=O)Nc2ccc(-c3nn[nH]n3)c(F)c2)cc1. The van der Waals surface area contributed by atoms with Crippen LogP contribution in [0.4, 0.5) is 28.4 Å². The molecule has 1 unspecified atom stereocenters. The van der Waals surface area contributed by atoms with Gasteiger partial charge in [0, 0.05) is 43.1 Å². The number of nitrogens with zero attached hydrogens (tertiary/aromatic N) is 4. The maximum absolute atomic E-state index is 15.1. The molecule has 2 fully saturated rings. The van der Waals surface area contributed by atoms with E-state index >= 15 is 4.39 Å². The number of anilines is 1. The summed E-state index contributed by atoms with van der Waals surface area (Å²) in [6.45, 7) is 6.39. The number of aromatic nitrogens is 4. The molecule has 2 atom stereocenters. The average molecular weight is 862 g/mol. The van der Waals surface area contributed by atoms with Crippen LogP contribution < -0.4 is 21.3 Å². The molecule has 330 valence electrons. The van der Waals surface area contributed by atoms with Crippen LogP contribution in [0, 0.1) is 24.6 Å². The quantitative estimate of drug-likeness (QED) is 0.0962. The number of halogens is 3. The summed E-state index contributed by atoms with van der Waals surface area (Å²) in [5.74, 6) is -5.60. The fourth-order valence-electron chi connectivity index (χ4n) is 7.74. The van der Waals surface area contributed by atoms with E-state index in [0.717, 1.165) is 17.2 Å². The smallest absolute Gasteiger partial charge is 0.407 e. The van der Waals surface area contributed by atoms with Gasteiger partial charge in [0.1, 0.15) is 17.5 Å². The van der Waals surface area contributed by atoms with Gasteiger partial charge >= 0.3 is 12.2 Å². The summed E-state index contributed by atoms with van der Waals surface area (Å²) in [4.78, 5) is 64.7. The predicted molar refractivity (Wildman–Crippen MR) is 221 cm³/mol. The molecule has 1 aliphatic heterocycles. The van der Waals surface area contributed by atoms with Crippen LogP contribution in [0.15, 0.2) is 60.7 Å². The second kappa shape index (κ2) is 19.0. The highest BCUT2D eigenvalue weighted by atomic mass is 19.3. The van der Waals surface area contributed by atoms with E-state index in [2.05, 4.69) is 41.9 Å². The highest BCUT2D eigenvalue weighted by Crippen LogP contribution is 2.31. The fourth-order valence-corrected chi connectivity index (χ4v) is 7.74. The summed E-state index contributed by atoms with van der Waals surface area (Å²) in [5.41, 5.74) is 2.81. The molecular formula is C43H50F3N9O7. The third-order valence-electron chi connectivity index (χ3n) is 10.8. The number of likely N-dealkylation sites (tertiary alicyclic amines) is 1. The van der Waals surface area contributed by atoms with Crippen LogP contribution in [0.25, 0.3) is 22.5 Å². The third-order valence-corrected chi connectivity index (χ3v) is 10.8. The third kappa shape index (κ3) is 12.1. The van der Waals surface area contributed by atoms with E-state index in [-0.39, 0.29) is 53.3 Å². The number of ether oxygens (including phenoxy) is 1. The van der Waals surface area contributed by atoms with Gasteiger partial charge in [-0.1, -0.05) is 30.3 Å². The zero-order valence-electron chi connectivity index (χ0n) is 34.8. The van der Waals surface area contributed by atoms with Crippen molar-refractivity contribution in [1.29, 1.82) is 0 Å². The van der Waals surface area contributed by atoms with Crippen molar-refractivity contribution in [2.45, 2.75) is 89.8 Å². The zero-order chi connectivity index (χ0) is 44.8.